The highest BCUT2D eigenvalue weighted by atomic mass is 32.1. The van der Waals surface area contributed by atoms with Crippen molar-refractivity contribution in [2.24, 2.45) is 4.99 Å². The van der Waals surface area contributed by atoms with Crippen molar-refractivity contribution in [1.82, 2.24) is 4.57 Å². The van der Waals surface area contributed by atoms with E-state index in [1.54, 1.807) is 24.7 Å². The van der Waals surface area contributed by atoms with Gasteiger partial charge in [-0.15, -0.1) is 0 Å². The van der Waals surface area contributed by atoms with Gasteiger partial charge in [-0.2, -0.15) is 4.99 Å². The summed E-state index contributed by atoms with van der Waals surface area (Å²) < 4.78 is 13.1. The summed E-state index contributed by atoms with van der Waals surface area (Å²) in [6.45, 7) is 5.94. The minimum Gasteiger partial charge on any atom is -0.495 e. The fourth-order valence-corrected chi connectivity index (χ4v) is 3.90. The number of hydrogen-bond acceptors (Lipinski definition) is 5. The Morgan fingerprint density at radius 3 is 2.61 bits per heavy atom. The molecule has 1 heterocycles. The van der Waals surface area contributed by atoms with Gasteiger partial charge < -0.3 is 14.0 Å². The number of methoxy groups -OCH3 is 1. The van der Waals surface area contributed by atoms with Crippen LogP contribution in [0.1, 0.15) is 28.4 Å². The molecule has 0 aliphatic heterocycles. The van der Waals surface area contributed by atoms with Gasteiger partial charge in [-0.1, -0.05) is 23.5 Å². The Balaban J connectivity index is 2.15. The average molecular weight is 398 g/mol. The van der Waals surface area contributed by atoms with Crippen molar-refractivity contribution in [1.29, 1.82) is 0 Å². The van der Waals surface area contributed by atoms with Crippen LogP contribution < -0.4 is 9.54 Å². The molecule has 0 aliphatic rings. The third kappa shape index (κ3) is 3.99. The first-order valence-electron chi connectivity index (χ1n) is 8.93. The van der Waals surface area contributed by atoms with Crippen molar-refractivity contribution in [3.8, 4) is 5.75 Å². The average Bonchev–Trinajstić information content (AvgIpc) is 3.01. The predicted octanol–water partition coefficient (Wildman–Crippen LogP) is 3.63. The zero-order valence-electron chi connectivity index (χ0n) is 16.3. The molecular weight excluding hydrogens is 376 g/mol. The molecule has 7 heteroatoms. The van der Waals surface area contributed by atoms with Gasteiger partial charge in [-0.05, 0) is 56.2 Å². The second-order valence-electron chi connectivity index (χ2n) is 6.30. The van der Waals surface area contributed by atoms with Gasteiger partial charge in [-0.25, -0.2) is 0 Å². The van der Waals surface area contributed by atoms with Crippen LogP contribution in [0, 0.1) is 13.8 Å². The largest absolute Gasteiger partial charge is 0.495 e. The fourth-order valence-electron chi connectivity index (χ4n) is 2.86. The maximum atomic E-state index is 12.8. The first-order chi connectivity index (χ1) is 13.4. The van der Waals surface area contributed by atoms with Gasteiger partial charge in [0.05, 0.1) is 18.4 Å². The third-order valence-corrected chi connectivity index (χ3v) is 5.47. The van der Waals surface area contributed by atoms with Gasteiger partial charge in [-0.3, -0.25) is 9.59 Å². The van der Waals surface area contributed by atoms with Gasteiger partial charge in [0, 0.05) is 5.56 Å². The molecule has 0 spiro atoms. The minimum absolute atomic E-state index is 0.0484. The molecule has 146 valence electrons. The molecular formula is C21H22N2O4S. The van der Waals surface area contributed by atoms with E-state index in [1.807, 2.05) is 44.2 Å². The van der Waals surface area contributed by atoms with Crippen LogP contribution in [-0.2, 0) is 16.1 Å². The van der Waals surface area contributed by atoms with Crippen LogP contribution >= 0.6 is 11.3 Å². The summed E-state index contributed by atoms with van der Waals surface area (Å²) in [5.74, 6) is -0.141. The summed E-state index contributed by atoms with van der Waals surface area (Å²) >= 11 is 1.33. The lowest BCUT2D eigenvalue weighted by atomic mass is 10.1. The number of amides is 1. The van der Waals surface area contributed by atoms with Gasteiger partial charge in [0.2, 0.25) is 0 Å². The lowest BCUT2D eigenvalue weighted by Crippen LogP contribution is -2.23. The smallest absolute Gasteiger partial charge is 0.326 e. The molecule has 0 saturated carbocycles. The number of carbonyl (C=O) groups is 2. The first-order valence-corrected chi connectivity index (χ1v) is 9.74. The summed E-state index contributed by atoms with van der Waals surface area (Å²) in [5.41, 5.74) is 3.36. The van der Waals surface area contributed by atoms with E-state index >= 15 is 0 Å². The Morgan fingerprint density at radius 2 is 1.93 bits per heavy atom. The molecule has 0 fully saturated rings. The third-order valence-electron chi connectivity index (χ3n) is 4.43. The molecule has 0 unspecified atom stereocenters. The number of aromatic nitrogens is 1. The normalized spacial score (nSPS) is 11.6. The number of thiazole rings is 1. The number of esters is 1. The number of benzene rings is 2. The highest BCUT2D eigenvalue weighted by Gasteiger charge is 2.16. The molecule has 0 N–H and O–H groups in total. The lowest BCUT2D eigenvalue weighted by Gasteiger charge is -2.08. The Kier molecular flexibility index (Phi) is 5.94. The summed E-state index contributed by atoms with van der Waals surface area (Å²) in [6, 6.07) is 11.1. The molecule has 1 amide bonds. The minimum atomic E-state index is -0.395. The van der Waals surface area contributed by atoms with Crippen LogP contribution in [-0.4, -0.2) is 30.2 Å². The summed E-state index contributed by atoms with van der Waals surface area (Å²) in [5, 5.41) is 0. The Morgan fingerprint density at radius 1 is 1.14 bits per heavy atom. The number of carbonyl (C=O) groups excluding carboxylic acids is 2. The van der Waals surface area contributed by atoms with Gasteiger partial charge in [0.15, 0.2) is 4.80 Å². The molecule has 3 rings (SSSR count). The number of hydrogen-bond donors (Lipinski definition) is 0. The van der Waals surface area contributed by atoms with Crippen LogP contribution in [0.2, 0.25) is 0 Å². The number of aryl methyl sites for hydroxylation is 2. The fraction of sp³-hybridized carbons (Fsp3) is 0.286. The molecule has 6 nitrogen and oxygen atoms in total. The highest BCUT2D eigenvalue weighted by molar-refractivity contribution is 7.16. The first kappa shape index (κ1) is 19.8. The molecule has 0 aliphatic carbocycles. The topological polar surface area (TPSA) is 69.9 Å². The zero-order valence-corrected chi connectivity index (χ0v) is 17.1. The molecule has 0 radical (unpaired) electrons. The van der Waals surface area contributed by atoms with Crippen LogP contribution in [0.5, 0.6) is 5.75 Å². The lowest BCUT2D eigenvalue weighted by molar-refractivity contribution is -0.143. The van der Waals surface area contributed by atoms with Crippen molar-refractivity contribution in [3.05, 3.63) is 57.9 Å². The molecule has 0 saturated heterocycles. The quantitative estimate of drug-likeness (QED) is 0.616. The van der Waals surface area contributed by atoms with Crippen LogP contribution in [0.15, 0.2) is 41.4 Å². The second-order valence-corrected chi connectivity index (χ2v) is 7.31. The highest BCUT2D eigenvalue weighted by Crippen LogP contribution is 2.27. The Bertz CT molecular complexity index is 1110. The summed E-state index contributed by atoms with van der Waals surface area (Å²) in [7, 11) is 1.57. The van der Waals surface area contributed by atoms with E-state index in [-0.39, 0.29) is 19.1 Å². The molecule has 2 aromatic carbocycles. The number of ether oxygens (including phenoxy) is 2. The number of para-hydroxylation sites is 1. The van der Waals surface area contributed by atoms with Gasteiger partial charge >= 0.3 is 5.97 Å². The zero-order chi connectivity index (χ0) is 20.3. The van der Waals surface area contributed by atoms with Crippen molar-refractivity contribution in [3.63, 3.8) is 0 Å². The van der Waals surface area contributed by atoms with Crippen molar-refractivity contribution in [2.45, 2.75) is 27.3 Å². The van der Waals surface area contributed by atoms with Crippen molar-refractivity contribution in [2.75, 3.05) is 13.7 Å². The Hall–Kier alpha value is -2.93. The van der Waals surface area contributed by atoms with Gasteiger partial charge in [0.1, 0.15) is 17.8 Å². The van der Waals surface area contributed by atoms with E-state index < -0.39 is 5.97 Å². The SMILES string of the molecule is CCOC(=O)Cn1c(=NC(=O)c2ccc(C)c(C)c2)sc2cccc(OC)c21. The Labute approximate surface area is 167 Å². The summed E-state index contributed by atoms with van der Waals surface area (Å²) in [6.07, 6.45) is 0. The monoisotopic (exact) mass is 398 g/mol. The van der Waals surface area contributed by atoms with Gasteiger partial charge in [0.25, 0.3) is 5.91 Å². The molecule has 3 aromatic rings. The number of nitrogens with zero attached hydrogens (tertiary/aromatic N) is 2. The van der Waals surface area contributed by atoms with E-state index in [4.69, 9.17) is 9.47 Å². The molecule has 1 aromatic heterocycles. The van der Waals surface area contributed by atoms with Crippen LogP contribution in [0.25, 0.3) is 10.2 Å². The maximum Gasteiger partial charge on any atom is 0.326 e. The molecule has 0 atom stereocenters. The summed E-state index contributed by atoms with van der Waals surface area (Å²) in [4.78, 5) is 29.6. The van der Waals surface area contributed by atoms with Crippen molar-refractivity contribution < 1.29 is 19.1 Å². The van der Waals surface area contributed by atoms with Crippen LogP contribution in [0.3, 0.4) is 0 Å². The van der Waals surface area contributed by atoms with E-state index in [1.165, 1.54) is 11.3 Å². The van der Waals surface area contributed by atoms with E-state index in [0.717, 1.165) is 21.3 Å². The second kappa shape index (κ2) is 8.39. The number of fused-ring (bicyclic) bond motifs is 1. The van der Waals surface area contributed by atoms with E-state index in [9.17, 15) is 9.59 Å². The predicted molar refractivity (Wildman–Crippen MR) is 109 cm³/mol. The molecule has 0 bridgehead atoms. The molecule has 28 heavy (non-hydrogen) atoms. The van der Waals surface area contributed by atoms with E-state index in [2.05, 4.69) is 4.99 Å². The standard InChI is InChI=1S/C21H22N2O4S/c1-5-27-18(24)12-23-19-16(26-4)7-6-8-17(19)28-21(23)22-20(25)15-10-9-13(2)14(3)11-15/h6-11H,5,12H2,1-4H3. The van der Waals surface area contributed by atoms with Crippen LogP contribution in [0.4, 0.5) is 0 Å². The van der Waals surface area contributed by atoms with E-state index in [0.29, 0.717) is 16.1 Å². The van der Waals surface area contributed by atoms with Crippen molar-refractivity contribution >= 4 is 33.4 Å². The maximum absolute atomic E-state index is 12.8. The number of rotatable bonds is 5.